The molecule has 1 N–H and O–H groups in total. The lowest BCUT2D eigenvalue weighted by Gasteiger charge is -2.56. The Morgan fingerprint density at radius 3 is 2.61 bits per heavy atom. The quantitative estimate of drug-likeness (QED) is 0.597. The van der Waals surface area contributed by atoms with Gasteiger partial charge in [0.05, 0.1) is 18.8 Å². The van der Waals surface area contributed by atoms with E-state index in [-0.39, 0.29) is 34.9 Å². The number of ether oxygens (including phenoxy) is 2. The van der Waals surface area contributed by atoms with E-state index < -0.39 is 5.79 Å². The molecule has 6 aliphatic rings. The van der Waals surface area contributed by atoms with Crippen molar-refractivity contribution in [3.8, 4) is 0 Å². The smallest absolute Gasteiger partial charge is 0.171 e. The minimum atomic E-state index is -0.469. The van der Waals surface area contributed by atoms with Crippen molar-refractivity contribution in [2.75, 3.05) is 6.61 Å². The number of carbonyl (C=O) groups excluding carboxylic acids is 1. The first-order valence-corrected chi connectivity index (χ1v) is 13.0. The highest BCUT2D eigenvalue weighted by molar-refractivity contribution is 5.97. The molecule has 11 atom stereocenters. The molecule has 4 heteroatoms. The van der Waals surface area contributed by atoms with E-state index in [1.807, 2.05) is 0 Å². The lowest BCUT2D eigenvalue weighted by atomic mass is 9.48. The van der Waals surface area contributed by atoms with Crippen LogP contribution in [0.5, 0.6) is 0 Å². The first-order valence-electron chi connectivity index (χ1n) is 13.0. The number of carbonyl (C=O) groups is 1. The molecular formula is C27H40O4. The summed E-state index contributed by atoms with van der Waals surface area (Å²) in [6.45, 7) is 9.97. The maximum absolute atomic E-state index is 13.9. The van der Waals surface area contributed by atoms with Crippen LogP contribution in [0, 0.1) is 46.3 Å². The SMILES string of the molecule is C[C@@H]1CC[C@@]2(OC1)O[C@H]1C[C@H]3[C@@H]4CC[C@@H]5C[C@@H](O)CC[C@]5(C)C4=CC(=O)[C@]3(C)[C@H]1[C@@H]2C. The van der Waals surface area contributed by atoms with Crippen molar-refractivity contribution in [3.63, 3.8) is 0 Å². The van der Waals surface area contributed by atoms with Gasteiger partial charge in [0.1, 0.15) is 0 Å². The van der Waals surface area contributed by atoms with Crippen LogP contribution in [0.1, 0.15) is 79.1 Å². The second-order valence-corrected chi connectivity index (χ2v) is 12.6. The summed E-state index contributed by atoms with van der Waals surface area (Å²) in [7, 11) is 0. The number of hydrogen-bond acceptors (Lipinski definition) is 4. The number of ketones is 1. The molecule has 0 aromatic heterocycles. The lowest BCUT2D eigenvalue weighted by Crippen LogP contribution is -2.53. The van der Waals surface area contributed by atoms with Gasteiger partial charge in [-0.3, -0.25) is 4.79 Å². The van der Waals surface area contributed by atoms with Gasteiger partial charge < -0.3 is 14.6 Å². The molecule has 0 radical (unpaired) electrons. The lowest BCUT2D eigenvalue weighted by molar-refractivity contribution is -0.271. The Morgan fingerprint density at radius 1 is 1.06 bits per heavy atom. The number of fused-ring (bicyclic) bond motifs is 7. The van der Waals surface area contributed by atoms with E-state index in [1.54, 1.807) is 0 Å². The van der Waals surface area contributed by atoms with Crippen LogP contribution in [0.15, 0.2) is 11.6 Å². The number of rotatable bonds is 0. The van der Waals surface area contributed by atoms with Crippen molar-refractivity contribution in [2.45, 2.75) is 97.1 Å². The van der Waals surface area contributed by atoms with Gasteiger partial charge in [-0.15, -0.1) is 0 Å². The van der Waals surface area contributed by atoms with Crippen molar-refractivity contribution >= 4 is 5.78 Å². The molecule has 6 rings (SSSR count). The van der Waals surface area contributed by atoms with E-state index in [1.165, 1.54) is 18.4 Å². The molecule has 3 saturated carbocycles. The molecule has 5 fully saturated rings. The Kier molecular flexibility index (Phi) is 4.49. The predicted molar refractivity (Wildman–Crippen MR) is 118 cm³/mol. The summed E-state index contributed by atoms with van der Waals surface area (Å²) in [6.07, 6.45) is 10.3. The maximum Gasteiger partial charge on any atom is 0.171 e. The van der Waals surface area contributed by atoms with Crippen molar-refractivity contribution in [1.82, 2.24) is 0 Å². The van der Waals surface area contributed by atoms with E-state index in [9.17, 15) is 9.90 Å². The molecular weight excluding hydrogens is 388 g/mol. The Balaban J connectivity index is 1.34. The zero-order valence-electron chi connectivity index (χ0n) is 19.7. The molecule has 4 aliphatic carbocycles. The standard InChI is InChI=1S/C27H40O4/c1-15-7-10-27(30-14-15)16(2)24-22(31-27)12-21-19-6-5-17-11-18(28)8-9-25(17,3)20(19)13-23(29)26(21,24)4/h13,15-19,21-22,24,28H,5-12,14H2,1-4H3/t15-,16+,17-,18+,19-,21+,22+,24+,25+,26-,27-/m1/s1. The number of aliphatic hydroxyl groups excluding tert-OH is 1. The summed E-state index contributed by atoms with van der Waals surface area (Å²) in [5.41, 5.74) is 1.19. The zero-order chi connectivity index (χ0) is 21.8. The first kappa shape index (κ1) is 20.9. The van der Waals surface area contributed by atoms with Gasteiger partial charge in [0.15, 0.2) is 11.6 Å². The molecule has 31 heavy (non-hydrogen) atoms. The fraction of sp³-hybridized carbons (Fsp3) is 0.889. The van der Waals surface area contributed by atoms with Crippen molar-refractivity contribution in [1.29, 1.82) is 0 Å². The third-order valence-corrected chi connectivity index (χ3v) is 11.2. The van der Waals surface area contributed by atoms with Crippen LogP contribution in [-0.4, -0.2) is 35.5 Å². The first-order chi connectivity index (χ1) is 14.7. The van der Waals surface area contributed by atoms with Crippen molar-refractivity contribution in [2.24, 2.45) is 46.3 Å². The van der Waals surface area contributed by atoms with E-state index in [0.29, 0.717) is 29.5 Å². The summed E-state index contributed by atoms with van der Waals surface area (Å²) < 4.78 is 13.2. The fourth-order valence-corrected chi connectivity index (χ4v) is 9.28. The minimum Gasteiger partial charge on any atom is -0.393 e. The van der Waals surface area contributed by atoms with Crippen LogP contribution in [0.25, 0.3) is 0 Å². The van der Waals surface area contributed by atoms with Crippen LogP contribution >= 0.6 is 0 Å². The van der Waals surface area contributed by atoms with Crippen LogP contribution in [-0.2, 0) is 14.3 Å². The second kappa shape index (κ2) is 6.67. The average molecular weight is 429 g/mol. The highest BCUT2D eigenvalue weighted by Crippen LogP contribution is 2.69. The molecule has 4 nitrogen and oxygen atoms in total. The molecule has 1 spiro atoms. The molecule has 2 aliphatic heterocycles. The van der Waals surface area contributed by atoms with Gasteiger partial charge in [-0.2, -0.15) is 0 Å². The summed E-state index contributed by atoms with van der Waals surface area (Å²) in [5.74, 6) is 2.41. The molecule has 0 amide bonds. The molecule has 0 aromatic carbocycles. The Labute approximate surface area is 187 Å². The van der Waals surface area contributed by atoms with Gasteiger partial charge in [0, 0.05) is 23.7 Å². The Hall–Kier alpha value is -0.710. The van der Waals surface area contributed by atoms with Crippen molar-refractivity contribution in [3.05, 3.63) is 11.6 Å². The molecule has 2 heterocycles. The maximum atomic E-state index is 13.9. The van der Waals surface area contributed by atoms with Crippen LogP contribution in [0.3, 0.4) is 0 Å². The molecule has 172 valence electrons. The van der Waals surface area contributed by atoms with Crippen LogP contribution in [0.2, 0.25) is 0 Å². The molecule has 0 unspecified atom stereocenters. The van der Waals surface area contributed by atoms with E-state index >= 15 is 0 Å². The molecule has 0 bridgehead atoms. The van der Waals surface area contributed by atoms with Gasteiger partial charge in [0.2, 0.25) is 0 Å². The van der Waals surface area contributed by atoms with Crippen molar-refractivity contribution < 1.29 is 19.4 Å². The Bertz CT molecular complexity index is 810. The monoisotopic (exact) mass is 428 g/mol. The summed E-state index contributed by atoms with van der Waals surface area (Å²) in [4.78, 5) is 13.9. The third-order valence-electron chi connectivity index (χ3n) is 11.2. The van der Waals surface area contributed by atoms with E-state index in [0.717, 1.165) is 45.1 Å². The average Bonchev–Trinajstić information content (AvgIpc) is 3.18. The van der Waals surface area contributed by atoms with Crippen LogP contribution in [0.4, 0.5) is 0 Å². The molecule has 2 saturated heterocycles. The normalized spacial score (nSPS) is 58.4. The number of allylic oxidation sites excluding steroid dienone is 2. The van der Waals surface area contributed by atoms with Gasteiger partial charge in [-0.05, 0) is 80.1 Å². The topological polar surface area (TPSA) is 55.8 Å². The van der Waals surface area contributed by atoms with E-state index in [2.05, 4.69) is 33.8 Å². The largest absolute Gasteiger partial charge is 0.393 e. The highest BCUT2D eigenvalue weighted by atomic mass is 16.7. The second-order valence-electron chi connectivity index (χ2n) is 12.6. The number of hydrogen-bond donors (Lipinski definition) is 1. The molecule has 0 aromatic rings. The fourth-order valence-electron chi connectivity index (χ4n) is 9.28. The number of aliphatic hydroxyl groups is 1. The predicted octanol–water partition coefficient (Wildman–Crippen LogP) is 4.89. The van der Waals surface area contributed by atoms with Gasteiger partial charge in [0.25, 0.3) is 0 Å². The Morgan fingerprint density at radius 2 is 1.87 bits per heavy atom. The summed E-state index contributed by atoms with van der Waals surface area (Å²) in [6, 6.07) is 0. The van der Waals surface area contributed by atoms with Gasteiger partial charge in [-0.25, -0.2) is 0 Å². The third kappa shape index (κ3) is 2.62. The van der Waals surface area contributed by atoms with Gasteiger partial charge >= 0.3 is 0 Å². The van der Waals surface area contributed by atoms with Gasteiger partial charge in [-0.1, -0.05) is 33.3 Å². The minimum absolute atomic E-state index is 0.0904. The van der Waals surface area contributed by atoms with Crippen LogP contribution < -0.4 is 0 Å². The zero-order valence-corrected chi connectivity index (χ0v) is 19.7. The highest BCUT2D eigenvalue weighted by Gasteiger charge is 2.70. The van der Waals surface area contributed by atoms with E-state index in [4.69, 9.17) is 9.47 Å². The summed E-state index contributed by atoms with van der Waals surface area (Å²) in [5, 5.41) is 10.3. The summed E-state index contributed by atoms with van der Waals surface area (Å²) >= 11 is 0.